The molecule has 4 nitrogen and oxygen atoms in total. The standard InChI is InChI=1S/C13H28N2O2/c1-2-3-4-5-6-7-8-12(15-14)13-11-16-9-10-17-13/h12-13,15H,2-11,14H2,1H3. The molecule has 0 spiro atoms. The number of hydrazine groups is 1. The molecule has 1 rings (SSSR count). The van der Waals surface area contributed by atoms with Crippen LogP contribution < -0.4 is 11.3 Å². The molecule has 0 aromatic carbocycles. The maximum Gasteiger partial charge on any atom is 0.0975 e. The lowest BCUT2D eigenvalue weighted by atomic mass is 10.0. The quantitative estimate of drug-likeness (QED) is 0.370. The summed E-state index contributed by atoms with van der Waals surface area (Å²) in [5, 5.41) is 0. The number of rotatable bonds is 9. The van der Waals surface area contributed by atoms with Crippen LogP contribution in [0.2, 0.25) is 0 Å². The van der Waals surface area contributed by atoms with Gasteiger partial charge in [0.15, 0.2) is 0 Å². The van der Waals surface area contributed by atoms with Gasteiger partial charge in [-0.15, -0.1) is 0 Å². The maximum atomic E-state index is 5.66. The van der Waals surface area contributed by atoms with Crippen LogP contribution in [-0.4, -0.2) is 32.0 Å². The molecule has 0 radical (unpaired) electrons. The monoisotopic (exact) mass is 244 g/mol. The fraction of sp³-hybridized carbons (Fsp3) is 1.00. The molecule has 0 aromatic heterocycles. The molecule has 0 saturated carbocycles. The molecule has 1 aliphatic heterocycles. The van der Waals surface area contributed by atoms with Crippen molar-refractivity contribution in [1.82, 2.24) is 5.43 Å². The Morgan fingerprint density at radius 3 is 2.59 bits per heavy atom. The number of ether oxygens (including phenoxy) is 2. The average molecular weight is 244 g/mol. The predicted octanol–water partition coefficient (Wildman–Crippen LogP) is 1.98. The molecule has 1 aliphatic rings. The van der Waals surface area contributed by atoms with E-state index in [0.29, 0.717) is 19.8 Å². The lowest BCUT2D eigenvalue weighted by molar-refractivity contribution is -0.102. The van der Waals surface area contributed by atoms with Crippen molar-refractivity contribution in [2.24, 2.45) is 5.84 Å². The van der Waals surface area contributed by atoms with Crippen molar-refractivity contribution in [3.8, 4) is 0 Å². The van der Waals surface area contributed by atoms with Crippen LogP contribution in [0.5, 0.6) is 0 Å². The van der Waals surface area contributed by atoms with Gasteiger partial charge >= 0.3 is 0 Å². The second-order valence-corrected chi connectivity index (χ2v) is 4.81. The summed E-state index contributed by atoms with van der Waals surface area (Å²) in [6, 6.07) is 0.237. The van der Waals surface area contributed by atoms with Crippen molar-refractivity contribution in [3.63, 3.8) is 0 Å². The Hall–Kier alpha value is -0.160. The Labute approximate surface area is 105 Å². The lowest BCUT2D eigenvalue weighted by Crippen LogP contribution is -2.49. The molecule has 2 unspecified atom stereocenters. The van der Waals surface area contributed by atoms with Gasteiger partial charge in [-0.1, -0.05) is 45.4 Å². The van der Waals surface area contributed by atoms with Crippen LogP contribution in [0.1, 0.15) is 51.9 Å². The molecule has 1 saturated heterocycles. The van der Waals surface area contributed by atoms with Gasteiger partial charge in [-0.2, -0.15) is 0 Å². The molecule has 0 aromatic rings. The molecule has 4 heteroatoms. The predicted molar refractivity (Wildman–Crippen MR) is 69.7 cm³/mol. The number of hydrogen-bond acceptors (Lipinski definition) is 4. The molecule has 0 bridgehead atoms. The highest BCUT2D eigenvalue weighted by Crippen LogP contribution is 2.13. The maximum absolute atomic E-state index is 5.66. The normalized spacial score (nSPS) is 22.6. The van der Waals surface area contributed by atoms with Crippen molar-refractivity contribution >= 4 is 0 Å². The number of hydrogen-bond donors (Lipinski definition) is 2. The molecule has 3 N–H and O–H groups in total. The first-order valence-corrected chi connectivity index (χ1v) is 7.04. The van der Waals surface area contributed by atoms with Gasteiger partial charge in [-0.3, -0.25) is 11.3 Å². The van der Waals surface area contributed by atoms with E-state index in [4.69, 9.17) is 15.3 Å². The van der Waals surface area contributed by atoms with Crippen LogP contribution in [0.15, 0.2) is 0 Å². The van der Waals surface area contributed by atoms with Gasteiger partial charge in [0.25, 0.3) is 0 Å². The number of nitrogens with two attached hydrogens (primary N) is 1. The van der Waals surface area contributed by atoms with Crippen molar-refractivity contribution < 1.29 is 9.47 Å². The van der Waals surface area contributed by atoms with E-state index in [1.807, 2.05) is 0 Å². The Balaban J connectivity index is 2.05. The van der Waals surface area contributed by atoms with Crippen LogP contribution >= 0.6 is 0 Å². The molecular formula is C13H28N2O2. The summed E-state index contributed by atoms with van der Waals surface area (Å²) in [6.07, 6.45) is 9.09. The molecule has 1 heterocycles. The fourth-order valence-electron chi connectivity index (χ4n) is 2.26. The van der Waals surface area contributed by atoms with Gasteiger partial charge in [0.2, 0.25) is 0 Å². The minimum atomic E-state index is 0.129. The molecule has 0 aliphatic carbocycles. The summed E-state index contributed by atoms with van der Waals surface area (Å²) >= 11 is 0. The smallest absolute Gasteiger partial charge is 0.0975 e. The summed E-state index contributed by atoms with van der Waals surface area (Å²) < 4.78 is 11.1. The van der Waals surface area contributed by atoms with Gasteiger partial charge in [0.1, 0.15) is 0 Å². The third-order valence-electron chi connectivity index (χ3n) is 3.37. The van der Waals surface area contributed by atoms with E-state index in [1.54, 1.807) is 0 Å². The van der Waals surface area contributed by atoms with Crippen LogP contribution in [0.3, 0.4) is 0 Å². The Morgan fingerprint density at radius 2 is 1.94 bits per heavy atom. The van der Waals surface area contributed by atoms with Gasteiger partial charge in [-0.05, 0) is 6.42 Å². The number of unbranched alkanes of at least 4 members (excludes halogenated alkanes) is 5. The summed E-state index contributed by atoms with van der Waals surface area (Å²) in [5.41, 5.74) is 2.87. The van der Waals surface area contributed by atoms with Crippen LogP contribution in [0, 0.1) is 0 Å². The highest BCUT2D eigenvalue weighted by atomic mass is 16.6. The van der Waals surface area contributed by atoms with E-state index < -0.39 is 0 Å². The van der Waals surface area contributed by atoms with E-state index in [1.165, 1.54) is 38.5 Å². The minimum absolute atomic E-state index is 0.129. The SMILES string of the molecule is CCCCCCCCC(NN)C1COCCO1. The van der Waals surface area contributed by atoms with E-state index in [9.17, 15) is 0 Å². The molecule has 102 valence electrons. The van der Waals surface area contributed by atoms with E-state index in [0.717, 1.165) is 6.42 Å². The second kappa shape index (κ2) is 9.83. The highest BCUT2D eigenvalue weighted by molar-refractivity contribution is 4.76. The van der Waals surface area contributed by atoms with Gasteiger partial charge < -0.3 is 9.47 Å². The lowest BCUT2D eigenvalue weighted by Gasteiger charge is -2.30. The first kappa shape index (κ1) is 14.9. The molecule has 0 amide bonds. The van der Waals surface area contributed by atoms with E-state index in [-0.39, 0.29) is 12.1 Å². The van der Waals surface area contributed by atoms with Crippen molar-refractivity contribution in [1.29, 1.82) is 0 Å². The van der Waals surface area contributed by atoms with E-state index >= 15 is 0 Å². The summed E-state index contributed by atoms with van der Waals surface area (Å²) in [6.45, 7) is 4.32. The number of nitrogens with one attached hydrogen (secondary N) is 1. The summed E-state index contributed by atoms with van der Waals surface area (Å²) in [7, 11) is 0. The van der Waals surface area contributed by atoms with Gasteiger partial charge in [0, 0.05) is 6.04 Å². The van der Waals surface area contributed by atoms with Gasteiger partial charge in [0.05, 0.1) is 25.9 Å². The van der Waals surface area contributed by atoms with Crippen molar-refractivity contribution in [3.05, 3.63) is 0 Å². The summed E-state index contributed by atoms with van der Waals surface area (Å²) in [5.74, 6) is 5.58. The van der Waals surface area contributed by atoms with Gasteiger partial charge in [-0.25, -0.2) is 0 Å². The minimum Gasteiger partial charge on any atom is -0.376 e. The first-order chi connectivity index (χ1) is 8.38. The molecule has 1 fully saturated rings. The molecule has 17 heavy (non-hydrogen) atoms. The van der Waals surface area contributed by atoms with Crippen molar-refractivity contribution in [2.75, 3.05) is 19.8 Å². The Bertz CT molecular complexity index is 173. The zero-order chi connectivity index (χ0) is 12.3. The van der Waals surface area contributed by atoms with E-state index in [2.05, 4.69) is 12.3 Å². The zero-order valence-electron chi connectivity index (χ0n) is 11.1. The van der Waals surface area contributed by atoms with Crippen LogP contribution in [0.4, 0.5) is 0 Å². The fourth-order valence-corrected chi connectivity index (χ4v) is 2.26. The second-order valence-electron chi connectivity index (χ2n) is 4.81. The first-order valence-electron chi connectivity index (χ1n) is 7.04. The summed E-state index contributed by atoms with van der Waals surface area (Å²) in [4.78, 5) is 0. The van der Waals surface area contributed by atoms with Crippen molar-refractivity contribution in [2.45, 2.75) is 64.0 Å². The molecule has 2 atom stereocenters. The Morgan fingerprint density at radius 1 is 1.18 bits per heavy atom. The highest BCUT2D eigenvalue weighted by Gasteiger charge is 2.23. The van der Waals surface area contributed by atoms with Crippen LogP contribution in [0.25, 0.3) is 0 Å². The van der Waals surface area contributed by atoms with Crippen LogP contribution in [-0.2, 0) is 9.47 Å². The topological polar surface area (TPSA) is 56.5 Å². The third kappa shape index (κ3) is 6.36. The zero-order valence-corrected chi connectivity index (χ0v) is 11.1. The Kier molecular flexibility index (Phi) is 8.61. The average Bonchev–Trinajstić information content (AvgIpc) is 2.39. The third-order valence-corrected chi connectivity index (χ3v) is 3.37. The largest absolute Gasteiger partial charge is 0.376 e. The molecular weight excluding hydrogens is 216 g/mol.